The second-order valence-electron chi connectivity index (χ2n) is 10.1. The van der Waals surface area contributed by atoms with E-state index < -0.39 is 22.2 Å². The number of hydrogen-bond donors (Lipinski definition) is 2. The molecule has 2 N–H and O–H groups in total. The number of hydrogen-bond acceptors (Lipinski definition) is 7. The lowest BCUT2D eigenvalue weighted by molar-refractivity contribution is -0.134. The number of ether oxygens (including phenoxy) is 1. The Kier molecular flexibility index (Phi) is 9.64. The van der Waals surface area contributed by atoms with E-state index >= 15 is 0 Å². The van der Waals surface area contributed by atoms with E-state index in [1.165, 1.54) is 48.0 Å². The number of pyridine rings is 1. The summed E-state index contributed by atoms with van der Waals surface area (Å²) in [5, 5.41) is 13.1. The number of anilines is 1. The predicted octanol–water partition coefficient (Wildman–Crippen LogP) is 3.46. The minimum atomic E-state index is -3.86. The topological polar surface area (TPSA) is 129 Å². The number of rotatable bonds is 8. The molecule has 3 aromatic rings. The van der Waals surface area contributed by atoms with Crippen LogP contribution in [0.5, 0.6) is 5.75 Å². The van der Waals surface area contributed by atoms with Gasteiger partial charge < -0.3 is 20.1 Å². The second kappa shape index (κ2) is 13.0. The molecule has 0 saturated carbocycles. The summed E-state index contributed by atoms with van der Waals surface area (Å²) in [5.41, 5.74) is 1.42. The van der Waals surface area contributed by atoms with Crippen LogP contribution in [0.3, 0.4) is 0 Å². The van der Waals surface area contributed by atoms with Crippen LogP contribution in [0.2, 0.25) is 5.02 Å². The van der Waals surface area contributed by atoms with Crippen LogP contribution in [0, 0.1) is 5.92 Å². The van der Waals surface area contributed by atoms with Gasteiger partial charge in [0.2, 0.25) is 15.9 Å². The molecule has 0 radical (unpaired) electrons. The predicted molar refractivity (Wildman–Crippen MR) is 155 cm³/mol. The molecule has 1 aliphatic rings. The number of benzene rings is 2. The van der Waals surface area contributed by atoms with Gasteiger partial charge in [-0.1, -0.05) is 18.5 Å². The summed E-state index contributed by atoms with van der Waals surface area (Å²) in [6.45, 7) is 3.65. The number of fused-ring (bicyclic) bond motifs is 1. The molecule has 2 aromatic carbocycles. The molecule has 3 atom stereocenters. The zero-order chi connectivity index (χ0) is 29.7. The number of aliphatic hydroxyl groups excluding tert-OH is 1. The third kappa shape index (κ3) is 7.23. The number of carbonyl (C=O) groups is 2. The molecule has 4 rings (SSSR count). The van der Waals surface area contributed by atoms with E-state index in [0.29, 0.717) is 27.6 Å². The lowest BCUT2D eigenvalue weighted by Gasteiger charge is -2.33. The van der Waals surface area contributed by atoms with Crippen LogP contribution in [-0.4, -0.2) is 78.4 Å². The van der Waals surface area contributed by atoms with Crippen LogP contribution in [0.25, 0.3) is 0 Å². The smallest absolute Gasteiger partial charge is 0.255 e. The van der Waals surface area contributed by atoms with Crippen molar-refractivity contribution in [1.82, 2.24) is 14.2 Å². The number of likely N-dealkylation sites (N-methyl/N-ethyl adjacent to an activating group) is 1. The zero-order valence-electron chi connectivity index (χ0n) is 23.0. The highest BCUT2D eigenvalue weighted by atomic mass is 35.5. The zero-order valence-corrected chi connectivity index (χ0v) is 24.6. The van der Waals surface area contributed by atoms with Crippen LogP contribution in [0.4, 0.5) is 5.69 Å². The molecule has 10 nitrogen and oxygen atoms in total. The van der Waals surface area contributed by atoms with Gasteiger partial charge in [0.1, 0.15) is 11.9 Å². The molecule has 12 heteroatoms. The molecule has 0 spiro atoms. The monoisotopic (exact) mass is 600 g/mol. The first-order chi connectivity index (χ1) is 19.5. The first kappa shape index (κ1) is 30.4. The fourth-order valence-corrected chi connectivity index (χ4v) is 5.88. The largest absolute Gasteiger partial charge is 0.488 e. The highest BCUT2D eigenvalue weighted by Gasteiger charge is 2.33. The number of aliphatic hydroxyl groups is 1. The standard InChI is InChI=1S/C29H33ClN4O6S/c1-19-16-34(20(2)18-35)28(36)15-22-14-24(32-29(37)21-10-12-31-13-11-21)6-9-26(22)40-27(19)17-33(3)41(38,39)25-7-4-23(30)5-8-25/h4-14,19-20,27,35H,15-18H2,1-3H3,(H,32,37)/t19-,20+,27-/m0/s1. The number of halogens is 1. The molecule has 2 amide bonds. The Balaban J connectivity index is 1.65. The van der Waals surface area contributed by atoms with Gasteiger partial charge in [0.15, 0.2) is 0 Å². The Morgan fingerprint density at radius 3 is 2.54 bits per heavy atom. The van der Waals surface area contributed by atoms with Crippen LogP contribution in [0.15, 0.2) is 71.9 Å². The molecular formula is C29H33ClN4O6S. The summed E-state index contributed by atoms with van der Waals surface area (Å²) < 4.78 is 34.3. The number of nitrogens with one attached hydrogen (secondary N) is 1. The van der Waals surface area contributed by atoms with Crippen molar-refractivity contribution in [2.24, 2.45) is 5.92 Å². The Morgan fingerprint density at radius 2 is 1.88 bits per heavy atom. The maximum Gasteiger partial charge on any atom is 0.255 e. The van der Waals surface area contributed by atoms with Gasteiger partial charge in [-0.3, -0.25) is 14.6 Å². The van der Waals surface area contributed by atoms with Gasteiger partial charge in [0, 0.05) is 53.7 Å². The van der Waals surface area contributed by atoms with E-state index in [9.17, 15) is 23.1 Å². The molecule has 1 aliphatic heterocycles. The average Bonchev–Trinajstić information content (AvgIpc) is 3.00. The first-order valence-corrected chi connectivity index (χ1v) is 14.9. The van der Waals surface area contributed by atoms with Gasteiger partial charge >= 0.3 is 0 Å². The second-order valence-corrected chi connectivity index (χ2v) is 12.6. The molecule has 0 bridgehead atoms. The van der Waals surface area contributed by atoms with Crippen molar-refractivity contribution in [2.45, 2.75) is 37.3 Å². The van der Waals surface area contributed by atoms with Gasteiger partial charge in [-0.2, -0.15) is 4.31 Å². The molecule has 0 fully saturated rings. The lowest BCUT2D eigenvalue weighted by atomic mass is 10.0. The van der Waals surface area contributed by atoms with Crippen molar-refractivity contribution in [1.29, 1.82) is 0 Å². The van der Waals surface area contributed by atoms with Crippen molar-refractivity contribution in [2.75, 3.05) is 32.1 Å². The number of nitrogens with zero attached hydrogens (tertiary/aromatic N) is 3. The molecular weight excluding hydrogens is 568 g/mol. The molecule has 0 unspecified atom stereocenters. The minimum absolute atomic E-state index is 0.00162. The summed E-state index contributed by atoms with van der Waals surface area (Å²) in [7, 11) is -2.38. The summed E-state index contributed by atoms with van der Waals surface area (Å²) in [4.78, 5) is 31.8. The normalized spacial score (nSPS) is 18.5. The van der Waals surface area contributed by atoms with Crippen LogP contribution in [0.1, 0.15) is 29.8 Å². The number of sulfonamides is 1. The highest BCUT2D eigenvalue weighted by molar-refractivity contribution is 7.89. The van der Waals surface area contributed by atoms with E-state index in [4.69, 9.17) is 16.3 Å². The Morgan fingerprint density at radius 1 is 1.20 bits per heavy atom. The average molecular weight is 601 g/mol. The van der Waals surface area contributed by atoms with E-state index in [0.717, 1.165) is 0 Å². The Hall–Kier alpha value is -3.51. The van der Waals surface area contributed by atoms with Gasteiger partial charge in [0.25, 0.3) is 5.91 Å². The Bertz CT molecular complexity index is 1490. The Labute approximate surface area is 245 Å². The van der Waals surface area contributed by atoms with Crippen LogP contribution < -0.4 is 10.1 Å². The van der Waals surface area contributed by atoms with Gasteiger partial charge in [-0.25, -0.2) is 8.42 Å². The third-order valence-corrected chi connectivity index (χ3v) is 9.17. The van der Waals surface area contributed by atoms with Crippen molar-refractivity contribution in [3.8, 4) is 5.75 Å². The number of aromatic nitrogens is 1. The molecule has 1 aromatic heterocycles. The van der Waals surface area contributed by atoms with E-state index in [1.54, 1.807) is 42.2 Å². The minimum Gasteiger partial charge on any atom is -0.488 e. The van der Waals surface area contributed by atoms with Crippen LogP contribution >= 0.6 is 11.6 Å². The van der Waals surface area contributed by atoms with Crippen LogP contribution in [-0.2, 0) is 21.2 Å². The number of amides is 2. The maximum absolute atomic E-state index is 13.4. The molecule has 218 valence electrons. The number of carbonyl (C=O) groups excluding carboxylic acids is 2. The molecule has 0 saturated heterocycles. The molecule has 41 heavy (non-hydrogen) atoms. The first-order valence-electron chi connectivity index (χ1n) is 13.1. The SMILES string of the molecule is C[C@H](CO)N1C[C@H](C)[C@H](CN(C)S(=O)(=O)c2ccc(Cl)cc2)Oc2ccc(NC(=O)c3ccncc3)cc2CC1=O. The van der Waals surface area contributed by atoms with Crippen molar-refractivity contribution in [3.63, 3.8) is 0 Å². The third-order valence-electron chi connectivity index (χ3n) is 7.08. The summed E-state index contributed by atoms with van der Waals surface area (Å²) in [6.07, 6.45) is 2.37. The van der Waals surface area contributed by atoms with Gasteiger partial charge in [0.05, 0.1) is 30.5 Å². The van der Waals surface area contributed by atoms with E-state index in [2.05, 4.69) is 10.3 Å². The summed E-state index contributed by atoms with van der Waals surface area (Å²) >= 11 is 5.94. The van der Waals surface area contributed by atoms with E-state index in [-0.39, 0.29) is 48.7 Å². The maximum atomic E-state index is 13.4. The van der Waals surface area contributed by atoms with Crippen molar-refractivity contribution >= 4 is 39.1 Å². The summed E-state index contributed by atoms with van der Waals surface area (Å²) in [5.74, 6) is -0.442. The fourth-order valence-electron chi connectivity index (χ4n) is 4.57. The highest BCUT2D eigenvalue weighted by Crippen LogP contribution is 2.30. The van der Waals surface area contributed by atoms with E-state index in [1.807, 2.05) is 6.92 Å². The fraction of sp³-hybridized carbons (Fsp3) is 0.345. The quantitative estimate of drug-likeness (QED) is 0.405. The molecule has 0 aliphatic carbocycles. The van der Waals surface area contributed by atoms with Crippen molar-refractivity contribution in [3.05, 3.63) is 83.1 Å². The van der Waals surface area contributed by atoms with Gasteiger partial charge in [-0.05, 0) is 61.5 Å². The lowest BCUT2D eigenvalue weighted by Crippen LogP contribution is -2.48. The van der Waals surface area contributed by atoms with Gasteiger partial charge in [-0.15, -0.1) is 0 Å². The molecule has 2 heterocycles. The summed E-state index contributed by atoms with van der Waals surface area (Å²) in [6, 6.07) is 13.7. The van der Waals surface area contributed by atoms with Crippen molar-refractivity contribution < 1.29 is 27.9 Å².